The molecular formula is C17H23N3O. The topological polar surface area (TPSA) is 39.1 Å². The smallest absolute Gasteiger partial charge is 0.130 e. The lowest BCUT2D eigenvalue weighted by Crippen LogP contribution is -2.15. The number of nitrogens with zero attached hydrogens (tertiary/aromatic N) is 2. The molecule has 4 heteroatoms. The van der Waals surface area contributed by atoms with Gasteiger partial charge in [0.25, 0.3) is 0 Å². The van der Waals surface area contributed by atoms with E-state index in [9.17, 15) is 0 Å². The average molecular weight is 285 g/mol. The van der Waals surface area contributed by atoms with Crippen LogP contribution >= 0.6 is 0 Å². The van der Waals surface area contributed by atoms with Crippen molar-refractivity contribution in [3.05, 3.63) is 47.3 Å². The molecule has 1 saturated carbocycles. The Kier molecular flexibility index (Phi) is 4.25. The second-order valence-corrected chi connectivity index (χ2v) is 5.68. The Hall–Kier alpha value is -1.81. The van der Waals surface area contributed by atoms with Crippen LogP contribution in [0.1, 0.15) is 36.7 Å². The Morgan fingerprint density at radius 1 is 1.33 bits per heavy atom. The fourth-order valence-corrected chi connectivity index (χ4v) is 2.44. The molecule has 112 valence electrons. The van der Waals surface area contributed by atoms with Gasteiger partial charge in [-0.3, -0.25) is 4.68 Å². The lowest BCUT2D eigenvalue weighted by Gasteiger charge is -2.09. The van der Waals surface area contributed by atoms with Crippen molar-refractivity contribution in [2.24, 2.45) is 0 Å². The minimum absolute atomic E-state index is 0.564. The molecule has 0 spiro atoms. The molecule has 1 aromatic heterocycles. The minimum Gasteiger partial charge on any atom is -0.487 e. The van der Waals surface area contributed by atoms with Crippen molar-refractivity contribution < 1.29 is 4.74 Å². The van der Waals surface area contributed by atoms with Crippen LogP contribution in [0.5, 0.6) is 5.75 Å². The molecule has 1 N–H and O–H groups in total. The van der Waals surface area contributed by atoms with Crippen molar-refractivity contribution in [3.8, 4) is 5.75 Å². The first kappa shape index (κ1) is 14.1. The van der Waals surface area contributed by atoms with Crippen molar-refractivity contribution in [2.75, 3.05) is 0 Å². The van der Waals surface area contributed by atoms with Crippen LogP contribution in [0.4, 0.5) is 0 Å². The van der Waals surface area contributed by atoms with Crippen LogP contribution in [-0.4, -0.2) is 15.8 Å². The molecule has 0 amide bonds. The van der Waals surface area contributed by atoms with E-state index in [1.54, 1.807) is 0 Å². The van der Waals surface area contributed by atoms with E-state index in [1.807, 2.05) is 17.7 Å². The Bertz CT molecular complexity index is 602. The molecule has 0 aliphatic heterocycles. The summed E-state index contributed by atoms with van der Waals surface area (Å²) in [6.45, 7) is 6.47. The highest BCUT2D eigenvalue weighted by atomic mass is 16.5. The molecule has 3 rings (SSSR count). The van der Waals surface area contributed by atoms with Gasteiger partial charge in [0.15, 0.2) is 0 Å². The molecule has 0 saturated heterocycles. The van der Waals surface area contributed by atoms with Gasteiger partial charge in [0.1, 0.15) is 12.4 Å². The van der Waals surface area contributed by atoms with Gasteiger partial charge in [0.2, 0.25) is 0 Å². The Labute approximate surface area is 126 Å². The number of ether oxygens (including phenoxy) is 1. The molecule has 21 heavy (non-hydrogen) atoms. The fourth-order valence-electron chi connectivity index (χ4n) is 2.44. The van der Waals surface area contributed by atoms with E-state index < -0.39 is 0 Å². The Morgan fingerprint density at radius 2 is 2.19 bits per heavy atom. The predicted molar refractivity (Wildman–Crippen MR) is 83.3 cm³/mol. The number of nitrogens with one attached hydrogen (secondary N) is 1. The summed E-state index contributed by atoms with van der Waals surface area (Å²) in [6, 6.07) is 11.2. The number of hydrogen-bond acceptors (Lipinski definition) is 3. The third-order valence-electron chi connectivity index (χ3n) is 3.74. The van der Waals surface area contributed by atoms with Crippen molar-refractivity contribution in [1.29, 1.82) is 0 Å². The first-order valence-electron chi connectivity index (χ1n) is 7.73. The zero-order valence-electron chi connectivity index (χ0n) is 12.8. The van der Waals surface area contributed by atoms with Crippen LogP contribution in [0.3, 0.4) is 0 Å². The quantitative estimate of drug-likeness (QED) is 0.850. The van der Waals surface area contributed by atoms with Crippen LogP contribution in [-0.2, 0) is 19.7 Å². The lowest BCUT2D eigenvalue weighted by atomic mass is 10.2. The zero-order chi connectivity index (χ0) is 14.7. The highest BCUT2D eigenvalue weighted by Crippen LogP contribution is 2.20. The average Bonchev–Trinajstić information content (AvgIpc) is 3.25. The molecule has 0 atom stereocenters. The largest absolute Gasteiger partial charge is 0.487 e. The first-order chi connectivity index (χ1) is 10.2. The molecule has 1 aromatic carbocycles. The summed E-state index contributed by atoms with van der Waals surface area (Å²) < 4.78 is 7.92. The second kappa shape index (κ2) is 6.31. The number of hydrogen-bond donors (Lipinski definition) is 1. The maximum absolute atomic E-state index is 5.92. The second-order valence-electron chi connectivity index (χ2n) is 5.68. The molecule has 1 fully saturated rings. The minimum atomic E-state index is 0.564. The Morgan fingerprint density at radius 3 is 2.95 bits per heavy atom. The van der Waals surface area contributed by atoms with Crippen LogP contribution in [0.15, 0.2) is 30.3 Å². The number of aromatic nitrogens is 2. The first-order valence-corrected chi connectivity index (χ1v) is 7.73. The maximum atomic E-state index is 5.92. The van der Waals surface area contributed by atoms with Crippen molar-refractivity contribution in [1.82, 2.24) is 15.1 Å². The molecule has 0 unspecified atom stereocenters. The van der Waals surface area contributed by atoms with E-state index in [2.05, 4.69) is 41.6 Å². The van der Waals surface area contributed by atoms with E-state index in [1.165, 1.54) is 18.4 Å². The van der Waals surface area contributed by atoms with Crippen LogP contribution < -0.4 is 10.1 Å². The van der Waals surface area contributed by atoms with Gasteiger partial charge in [-0.1, -0.05) is 12.1 Å². The van der Waals surface area contributed by atoms with Crippen LogP contribution in [0.25, 0.3) is 0 Å². The summed E-state index contributed by atoms with van der Waals surface area (Å²) >= 11 is 0. The van der Waals surface area contributed by atoms with Gasteiger partial charge >= 0.3 is 0 Å². The summed E-state index contributed by atoms with van der Waals surface area (Å²) in [4.78, 5) is 0. The predicted octanol–water partition coefficient (Wildman–Crippen LogP) is 3.04. The third-order valence-corrected chi connectivity index (χ3v) is 3.74. The summed E-state index contributed by atoms with van der Waals surface area (Å²) in [5.41, 5.74) is 3.44. The highest BCUT2D eigenvalue weighted by molar-refractivity contribution is 5.28. The molecule has 1 heterocycles. The van der Waals surface area contributed by atoms with Gasteiger partial charge < -0.3 is 10.1 Å². The molecular weight excluding hydrogens is 262 g/mol. The molecule has 0 radical (unpaired) electrons. The van der Waals surface area contributed by atoms with Crippen molar-refractivity contribution >= 4 is 0 Å². The molecule has 1 aliphatic carbocycles. The fraction of sp³-hybridized carbons (Fsp3) is 0.471. The number of aryl methyl sites for hydroxylation is 2. The summed E-state index contributed by atoms with van der Waals surface area (Å²) in [5.74, 6) is 0.923. The van der Waals surface area contributed by atoms with Gasteiger partial charge in [0, 0.05) is 19.1 Å². The van der Waals surface area contributed by atoms with Gasteiger partial charge in [-0.2, -0.15) is 5.10 Å². The molecule has 4 nitrogen and oxygen atoms in total. The van der Waals surface area contributed by atoms with E-state index in [4.69, 9.17) is 4.74 Å². The van der Waals surface area contributed by atoms with Crippen molar-refractivity contribution in [3.63, 3.8) is 0 Å². The van der Waals surface area contributed by atoms with E-state index in [0.717, 1.165) is 36.3 Å². The van der Waals surface area contributed by atoms with E-state index >= 15 is 0 Å². The van der Waals surface area contributed by atoms with Gasteiger partial charge in [-0.25, -0.2) is 0 Å². The van der Waals surface area contributed by atoms with E-state index in [-0.39, 0.29) is 0 Å². The summed E-state index contributed by atoms with van der Waals surface area (Å²) in [6.07, 6.45) is 2.63. The van der Waals surface area contributed by atoms with E-state index in [0.29, 0.717) is 6.61 Å². The summed E-state index contributed by atoms with van der Waals surface area (Å²) in [7, 11) is 0. The Balaban J connectivity index is 1.59. The lowest BCUT2D eigenvalue weighted by molar-refractivity contribution is 0.292. The summed E-state index contributed by atoms with van der Waals surface area (Å²) in [5, 5.41) is 7.97. The zero-order valence-corrected chi connectivity index (χ0v) is 12.8. The number of rotatable bonds is 7. The molecule has 1 aliphatic rings. The van der Waals surface area contributed by atoms with Crippen LogP contribution in [0.2, 0.25) is 0 Å². The third kappa shape index (κ3) is 3.85. The number of benzene rings is 1. The standard InChI is InChI=1S/C17H23N3O/c1-3-20-16(9-13(2)19-20)12-21-17-6-4-5-14(10-17)11-18-15-7-8-15/h4-6,9-10,15,18H,3,7-8,11-12H2,1-2H3. The van der Waals surface area contributed by atoms with Gasteiger partial charge in [-0.05, 0) is 50.5 Å². The highest BCUT2D eigenvalue weighted by Gasteiger charge is 2.19. The maximum Gasteiger partial charge on any atom is 0.130 e. The monoisotopic (exact) mass is 285 g/mol. The van der Waals surface area contributed by atoms with Crippen LogP contribution in [0, 0.1) is 6.92 Å². The van der Waals surface area contributed by atoms with Gasteiger partial charge in [0.05, 0.1) is 11.4 Å². The van der Waals surface area contributed by atoms with Gasteiger partial charge in [-0.15, -0.1) is 0 Å². The normalized spacial score (nSPS) is 14.4. The SMILES string of the molecule is CCn1nc(C)cc1COc1cccc(CNC2CC2)c1. The molecule has 0 bridgehead atoms. The molecule has 2 aromatic rings. The van der Waals surface area contributed by atoms with Crippen molar-refractivity contribution in [2.45, 2.75) is 52.4 Å².